The summed E-state index contributed by atoms with van der Waals surface area (Å²) in [6.45, 7) is 2.03. The first-order chi connectivity index (χ1) is 11.2. The zero-order chi connectivity index (χ0) is 15.8. The van der Waals surface area contributed by atoms with E-state index < -0.39 is 0 Å². The predicted molar refractivity (Wildman–Crippen MR) is 89.5 cm³/mol. The Labute approximate surface area is 137 Å². The Morgan fingerprint density at radius 2 is 2.17 bits per heavy atom. The lowest BCUT2D eigenvalue weighted by Crippen LogP contribution is -2.03. The second kappa shape index (κ2) is 5.55. The maximum Gasteiger partial charge on any atom is 0.228 e. The second-order valence-corrected chi connectivity index (χ2v) is 6.76. The SMILES string of the molecule is Cc1cnc(-c2ccnc(Cc3ccc4c(c3)CC(=O)N4)n2)s1. The van der Waals surface area contributed by atoms with Gasteiger partial charge in [-0.2, -0.15) is 0 Å². The monoisotopic (exact) mass is 322 g/mol. The third-order valence-electron chi connectivity index (χ3n) is 3.70. The number of fused-ring (bicyclic) bond motifs is 1. The minimum absolute atomic E-state index is 0.0505. The Morgan fingerprint density at radius 1 is 1.26 bits per heavy atom. The van der Waals surface area contributed by atoms with Crippen LogP contribution in [-0.2, 0) is 17.6 Å². The summed E-state index contributed by atoms with van der Waals surface area (Å²) in [5.41, 5.74) is 3.91. The number of aromatic nitrogens is 3. The van der Waals surface area contributed by atoms with Gasteiger partial charge in [0.05, 0.1) is 6.42 Å². The fourth-order valence-corrected chi connectivity index (χ4v) is 3.39. The highest BCUT2D eigenvalue weighted by molar-refractivity contribution is 7.14. The van der Waals surface area contributed by atoms with Crippen molar-refractivity contribution in [2.24, 2.45) is 0 Å². The topological polar surface area (TPSA) is 67.8 Å². The molecule has 0 saturated carbocycles. The van der Waals surface area contributed by atoms with Crippen molar-refractivity contribution in [3.63, 3.8) is 0 Å². The first-order valence-electron chi connectivity index (χ1n) is 7.34. The number of carbonyl (C=O) groups is 1. The Balaban J connectivity index is 1.60. The van der Waals surface area contributed by atoms with E-state index in [1.54, 1.807) is 17.5 Å². The summed E-state index contributed by atoms with van der Waals surface area (Å²) in [7, 11) is 0. The maximum atomic E-state index is 11.4. The van der Waals surface area contributed by atoms with E-state index >= 15 is 0 Å². The molecule has 1 aromatic carbocycles. The molecule has 3 aromatic rings. The summed E-state index contributed by atoms with van der Waals surface area (Å²) in [6.07, 6.45) is 4.71. The molecule has 114 valence electrons. The molecule has 5 nitrogen and oxygen atoms in total. The summed E-state index contributed by atoms with van der Waals surface area (Å²) in [5.74, 6) is 0.808. The summed E-state index contributed by atoms with van der Waals surface area (Å²) in [6, 6.07) is 7.89. The molecule has 2 aromatic heterocycles. The minimum atomic E-state index is 0.0505. The van der Waals surface area contributed by atoms with Crippen molar-refractivity contribution >= 4 is 22.9 Å². The van der Waals surface area contributed by atoms with Gasteiger partial charge in [-0.15, -0.1) is 11.3 Å². The number of rotatable bonds is 3. The summed E-state index contributed by atoms with van der Waals surface area (Å²) in [5, 5.41) is 3.76. The van der Waals surface area contributed by atoms with E-state index in [4.69, 9.17) is 0 Å². The lowest BCUT2D eigenvalue weighted by molar-refractivity contribution is -0.115. The van der Waals surface area contributed by atoms with Gasteiger partial charge in [0.2, 0.25) is 5.91 Å². The zero-order valence-electron chi connectivity index (χ0n) is 12.5. The van der Waals surface area contributed by atoms with Gasteiger partial charge in [0.15, 0.2) is 0 Å². The van der Waals surface area contributed by atoms with Gasteiger partial charge in [-0.1, -0.05) is 12.1 Å². The molecule has 3 heterocycles. The second-order valence-electron chi connectivity index (χ2n) is 5.53. The van der Waals surface area contributed by atoms with Crippen molar-refractivity contribution in [1.82, 2.24) is 15.0 Å². The van der Waals surface area contributed by atoms with Crippen LogP contribution in [0.25, 0.3) is 10.7 Å². The average Bonchev–Trinajstić information content (AvgIpc) is 3.12. The molecule has 0 atom stereocenters. The number of nitrogens with one attached hydrogen (secondary N) is 1. The van der Waals surface area contributed by atoms with Crippen LogP contribution in [0, 0.1) is 6.92 Å². The number of benzene rings is 1. The maximum absolute atomic E-state index is 11.4. The molecule has 23 heavy (non-hydrogen) atoms. The normalized spacial score (nSPS) is 13.0. The molecule has 0 radical (unpaired) electrons. The number of thiazole rings is 1. The number of anilines is 1. The molecule has 1 amide bonds. The molecule has 6 heteroatoms. The molecule has 1 aliphatic heterocycles. The van der Waals surface area contributed by atoms with E-state index in [-0.39, 0.29) is 5.91 Å². The molecule has 0 fully saturated rings. The molecule has 0 unspecified atom stereocenters. The van der Waals surface area contributed by atoms with Crippen LogP contribution in [0.4, 0.5) is 5.69 Å². The molecular weight excluding hydrogens is 308 g/mol. The van der Waals surface area contributed by atoms with Gasteiger partial charge in [-0.25, -0.2) is 15.0 Å². The van der Waals surface area contributed by atoms with Crippen molar-refractivity contribution in [3.05, 3.63) is 58.5 Å². The van der Waals surface area contributed by atoms with Crippen molar-refractivity contribution < 1.29 is 4.79 Å². The Kier molecular flexibility index (Phi) is 3.38. The summed E-state index contributed by atoms with van der Waals surface area (Å²) < 4.78 is 0. The van der Waals surface area contributed by atoms with Crippen molar-refractivity contribution in [2.75, 3.05) is 5.32 Å². The zero-order valence-corrected chi connectivity index (χ0v) is 13.4. The first kappa shape index (κ1) is 14.0. The quantitative estimate of drug-likeness (QED) is 0.805. The van der Waals surface area contributed by atoms with Crippen LogP contribution >= 0.6 is 11.3 Å². The van der Waals surface area contributed by atoms with Crippen LogP contribution in [0.2, 0.25) is 0 Å². The lowest BCUT2D eigenvalue weighted by atomic mass is 10.1. The van der Waals surface area contributed by atoms with Crippen molar-refractivity contribution in [1.29, 1.82) is 0 Å². The van der Waals surface area contributed by atoms with Gasteiger partial charge < -0.3 is 5.32 Å². The predicted octanol–water partition coefficient (Wildman–Crippen LogP) is 2.99. The van der Waals surface area contributed by atoms with Gasteiger partial charge in [-0.3, -0.25) is 4.79 Å². The number of hydrogen-bond donors (Lipinski definition) is 1. The van der Waals surface area contributed by atoms with Crippen molar-refractivity contribution in [3.8, 4) is 10.7 Å². The van der Waals surface area contributed by atoms with E-state index in [9.17, 15) is 4.79 Å². The number of nitrogens with zero attached hydrogens (tertiary/aromatic N) is 3. The lowest BCUT2D eigenvalue weighted by Gasteiger charge is -2.05. The number of amides is 1. The standard InChI is InChI=1S/C17H14N4OS/c1-10-9-19-17(23-10)14-4-5-18-15(20-14)7-11-2-3-13-12(6-11)8-16(22)21-13/h2-6,9H,7-8H2,1H3,(H,21,22). The molecule has 0 bridgehead atoms. The van der Waals surface area contributed by atoms with Crippen LogP contribution in [0.15, 0.2) is 36.7 Å². The molecule has 0 saturated heterocycles. The number of aryl methyl sites for hydroxylation is 1. The van der Waals surface area contributed by atoms with Crippen LogP contribution in [0.1, 0.15) is 21.8 Å². The summed E-state index contributed by atoms with van der Waals surface area (Å²) >= 11 is 1.63. The van der Waals surface area contributed by atoms with E-state index in [0.29, 0.717) is 12.8 Å². The number of carbonyl (C=O) groups excluding carboxylic acids is 1. The Bertz CT molecular complexity index is 903. The molecule has 4 rings (SSSR count). The highest BCUT2D eigenvalue weighted by Crippen LogP contribution is 2.25. The van der Waals surface area contributed by atoms with Gasteiger partial charge in [0.1, 0.15) is 16.5 Å². The van der Waals surface area contributed by atoms with Crippen LogP contribution < -0.4 is 5.32 Å². The van der Waals surface area contributed by atoms with Crippen LogP contribution in [-0.4, -0.2) is 20.9 Å². The van der Waals surface area contributed by atoms with Gasteiger partial charge in [-0.05, 0) is 30.2 Å². The van der Waals surface area contributed by atoms with Crippen LogP contribution in [0.5, 0.6) is 0 Å². The fourth-order valence-electron chi connectivity index (χ4n) is 2.65. The highest BCUT2D eigenvalue weighted by atomic mass is 32.1. The Hall–Kier alpha value is -2.60. The van der Waals surface area contributed by atoms with Crippen molar-refractivity contribution in [2.45, 2.75) is 19.8 Å². The van der Waals surface area contributed by atoms with Crippen LogP contribution in [0.3, 0.4) is 0 Å². The van der Waals surface area contributed by atoms with Gasteiger partial charge in [0, 0.05) is 29.4 Å². The highest BCUT2D eigenvalue weighted by Gasteiger charge is 2.17. The summed E-state index contributed by atoms with van der Waals surface area (Å²) in [4.78, 5) is 25.9. The smallest absolute Gasteiger partial charge is 0.228 e. The number of hydrogen-bond acceptors (Lipinski definition) is 5. The van der Waals surface area contributed by atoms with E-state index in [2.05, 4.69) is 26.3 Å². The molecular formula is C17H14N4OS. The van der Waals surface area contributed by atoms with Gasteiger partial charge in [0.25, 0.3) is 0 Å². The molecule has 1 aliphatic rings. The Morgan fingerprint density at radius 3 is 3.00 bits per heavy atom. The third-order valence-corrected chi connectivity index (χ3v) is 4.64. The minimum Gasteiger partial charge on any atom is -0.326 e. The molecule has 1 N–H and O–H groups in total. The molecule has 0 spiro atoms. The van der Waals surface area contributed by atoms with E-state index in [1.165, 1.54) is 0 Å². The first-order valence-corrected chi connectivity index (χ1v) is 8.15. The van der Waals surface area contributed by atoms with E-state index in [1.807, 2.05) is 31.3 Å². The third kappa shape index (κ3) is 2.85. The van der Waals surface area contributed by atoms with Gasteiger partial charge >= 0.3 is 0 Å². The largest absolute Gasteiger partial charge is 0.326 e. The fraction of sp³-hybridized carbons (Fsp3) is 0.176. The molecule has 0 aliphatic carbocycles. The van der Waals surface area contributed by atoms with E-state index in [0.717, 1.165) is 38.2 Å². The average molecular weight is 322 g/mol.